The normalized spacial score (nSPS) is 12.1. The molecule has 4 N–H and O–H groups in total. The first-order valence-electron chi connectivity index (χ1n) is 6.83. The number of carbonyl (C=O) groups excluding carboxylic acids is 1. The Hall–Kier alpha value is -2.88. The van der Waals surface area contributed by atoms with Crippen molar-refractivity contribution in [1.29, 1.82) is 0 Å². The summed E-state index contributed by atoms with van der Waals surface area (Å²) in [7, 11) is 0. The van der Waals surface area contributed by atoms with E-state index in [1.54, 1.807) is 25.1 Å². The molecule has 0 fully saturated rings. The number of carboxylic acids is 1. The first kappa shape index (κ1) is 20.2. The molecule has 0 unspecified atom stereocenters. The predicted molar refractivity (Wildman–Crippen MR) is 83.2 cm³/mol. The van der Waals surface area contributed by atoms with E-state index in [1.165, 1.54) is 6.07 Å². The minimum atomic E-state index is -5.08. The lowest BCUT2D eigenvalue weighted by molar-refractivity contribution is -0.192. The molecule has 1 atom stereocenters. The smallest absolute Gasteiger partial charge is 0.475 e. The molecule has 1 amide bonds. The van der Waals surface area contributed by atoms with Crippen molar-refractivity contribution in [3.63, 3.8) is 0 Å². The van der Waals surface area contributed by atoms with Crippen molar-refractivity contribution in [3.05, 3.63) is 40.2 Å². The zero-order valence-corrected chi connectivity index (χ0v) is 13.2. The quantitative estimate of drug-likeness (QED) is 0.704. The number of carbonyl (C=O) groups is 2. The Morgan fingerprint density at radius 3 is 2.32 bits per heavy atom. The highest BCUT2D eigenvalue weighted by Crippen LogP contribution is 2.20. The van der Waals surface area contributed by atoms with Gasteiger partial charge in [0.15, 0.2) is 0 Å². The van der Waals surface area contributed by atoms with Crippen LogP contribution in [0.2, 0.25) is 0 Å². The fourth-order valence-electron chi connectivity index (χ4n) is 1.66. The highest BCUT2D eigenvalue weighted by atomic mass is 19.4. The van der Waals surface area contributed by atoms with Crippen molar-refractivity contribution in [2.45, 2.75) is 26.1 Å². The van der Waals surface area contributed by atoms with Gasteiger partial charge in [-0.1, -0.05) is 0 Å². The lowest BCUT2D eigenvalue weighted by Gasteiger charge is -2.08. The highest BCUT2D eigenvalue weighted by Gasteiger charge is 2.38. The first-order valence-corrected chi connectivity index (χ1v) is 6.83. The van der Waals surface area contributed by atoms with Crippen molar-refractivity contribution in [1.82, 2.24) is 0 Å². The fourth-order valence-corrected chi connectivity index (χ4v) is 1.66. The van der Waals surface area contributed by atoms with Crippen LogP contribution in [0.25, 0.3) is 11.0 Å². The minimum Gasteiger partial charge on any atom is -0.475 e. The Morgan fingerprint density at radius 1 is 1.28 bits per heavy atom. The molecule has 10 heteroatoms. The molecule has 2 aromatic rings. The van der Waals surface area contributed by atoms with Crippen molar-refractivity contribution in [3.8, 4) is 0 Å². The third-order valence-electron chi connectivity index (χ3n) is 2.87. The van der Waals surface area contributed by atoms with Crippen LogP contribution < -0.4 is 16.7 Å². The molecular weight excluding hydrogens is 345 g/mol. The summed E-state index contributed by atoms with van der Waals surface area (Å²) in [4.78, 5) is 31.6. The molecule has 0 saturated carbocycles. The standard InChI is InChI=1S/C13H14N2O3.C2HF3O2/c1-7-5-12(16)18-11-6-9(3-4-10(7)11)15-13(17)8(2)14;3-2(4,5)1(6)7/h3-6,8H,14H2,1-2H3,(H,15,17);(H,6,7)/t8-;/m1./s1. The SMILES string of the molecule is Cc1cc(=O)oc2cc(NC(=O)[C@@H](C)N)ccc12.O=C(O)C(F)(F)F. The summed E-state index contributed by atoms with van der Waals surface area (Å²) in [5, 5.41) is 10.6. The number of alkyl halides is 3. The van der Waals surface area contributed by atoms with Gasteiger partial charge in [0.2, 0.25) is 5.91 Å². The second-order valence-corrected chi connectivity index (χ2v) is 5.04. The van der Waals surface area contributed by atoms with Gasteiger partial charge in [0.25, 0.3) is 0 Å². The number of aryl methyl sites for hydroxylation is 1. The number of carboxylic acid groups (broad SMARTS) is 1. The number of amides is 1. The maximum atomic E-state index is 11.5. The Bertz CT molecular complexity index is 843. The highest BCUT2D eigenvalue weighted by molar-refractivity contribution is 5.96. The number of nitrogens with two attached hydrogens (primary N) is 1. The Labute approximate surface area is 139 Å². The maximum Gasteiger partial charge on any atom is 0.490 e. The van der Waals surface area contributed by atoms with E-state index in [9.17, 15) is 22.8 Å². The van der Waals surface area contributed by atoms with E-state index in [-0.39, 0.29) is 5.91 Å². The van der Waals surface area contributed by atoms with Crippen LogP contribution in [0.1, 0.15) is 12.5 Å². The van der Waals surface area contributed by atoms with E-state index in [2.05, 4.69) is 5.32 Å². The van der Waals surface area contributed by atoms with Gasteiger partial charge in [0.05, 0.1) is 6.04 Å². The van der Waals surface area contributed by atoms with Gasteiger partial charge < -0.3 is 20.6 Å². The van der Waals surface area contributed by atoms with Crippen molar-refractivity contribution >= 4 is 28.5 Å². The van der Waals surface area contributed by atoms with Gasteiger partial charge >= 0.3 is 17.8 Å². The zero-order chi connectivity index (χ0) is 19.4. The average molecular weight is 360 g/mol. The van der Waals surface area contributed by atoms with Crippen molar-refractivity contribution < 1.29 is 32.3 Å². The number of hydrogen-bond acceptors (Lipinski definition) is 5. The van der Waals surface area contributed by atoms with E-state index >= 15 is 0 Å². The summed E-state index contributed by atoms with van der Waals surface area (Å²) in [6, 6.07) is 6.00. The number of benzene rings is 1. The fraction of sp³-hybridized carbons (Fsp3) is 0.267. The third-order valence-corrected chi connectivity index (χ3v) is 2.87. The van der Waals surface area contributed by atoms with Crippen LogP contribution in [0.15, 0.2) is 33.5 Å². The molecule has 1 aromatic heterocycles. The lowest BCUT2D eigenvalue weighted by atomic mass is 10.1. The lowest BCUT2D eigenvalue weighted by Crippen LogP contribution is -2.32. The molecule has 25 heavy (non-hydrogen) atoms. The van der Waals surface area contributed by atoms with Crippen LogP contribution in [0, 0.1) is 6.92 Å². The van der Waals surface area contributed by atoms with Crippen LogP contribution in [0.3, 0.4) is 0 Å². The van der Waals surface area contributed by atoms with E-state index in [1.807, 2.05) is 6.92 Å². The monoisotopic (exact) mass is 360 g/mol. The second kappa shape index (κ2) is 7.79. The maximum absolute atomic E-state index is 11.5. The molecule has 136 valence electrons. The third kappa shape index (κ3) is 5.92. The Morgan fingerprint density at radius 2 is 1.84 bits per heavy atom. The number of rotatable bonds is 2. The van der Waals surface area contributed by atoms with Crippen LogP contribution in [-0.2, 0) is 9.59 Å². The van der Waals surface area contributed by atoms with E-state index in [0.717, 1.165) is 10.9 Å². The molecule has 0 spiro atoms. The average Bonchev–Trinajstić information content (AvgIpc) is 2.46. The summed E-state index contributed by atoms with van der Waals surface area (Å²) in [6.45, 7) is 3.43. The molecule has 0 aliphatic carbocycles. The van der Waals surface area contributed by atoms with Crippen LogP contribution in [-0.4, -0.2) is 29.2 Å². The van der Waals surface area contributed by atoms with Gasteiger partial charge in [-0.3, -0.25) is 4.79 Å². The number of anilines is 1. The molecule has 0 saturated heterocycles. The van der Waals surface area contributed by atoms with Crippen LogP contribution in [0.4, 0.5) is 18.9 Å². The molecule has 7 nitrogen and oxygen atoms in total. The predicted octanol–water partition coefficient (Wildman–Crippen LogP) is 2.02. The molecule has 1 heterocycles. The minimum absolute atomic E-state index is 0.288. The van der Waals surface area contributed by atoms with Crippen LogP contribution in [0.5, 0.6) is 0 Å². The number of nitrogens with one attached hydrogen (secondary N) is 1. The van der Waals surface area contributed by atoms with Gasteiger partial charge in [0.1, 0.15) is 5.58 Å². The summed E-state index contributed by atoms with van der Waals surface area (Å²) in [6.07, 6.45) is -5.08. The largest absolute Gasteiger partial charge is 0.490 e. The molecule has 0 aliphatic heterocycles. The summed E-state index contributed by atoms with van der Waals surface area (Å²) < 4.78 is 36.8. The van der Waals surface area contributed by atoms with E-state index in [4.69, 9.17) is 20.1 Å². The first-order chi connectivity index (χ1) is 11.4. The summed E-state index contributed by atoms with van der Waals surface area (Å²) in [5.41, 5.74) is 6.89. The zero-order valence-electron chi connectivity index (χ0n) is 13.2. The number of hydrogen-bond donors (Lipinski definition) is 3. The van der Waals surface area contributed by atoms with Gasteiger partial charge in [0, 0.05) is 23.2 Å². The molecule has 2 rings (SSSR count). The molecule has 0 aliphatic rings. The molecular formula is C15H15F3N2O5. The number of aliphatic carboxylic acids is 1. The topological polar surface area (TPSA) is 123 Å². The van der Waals surface area contributed by atoms with Crippen LogP contribution >= 0.6 is 0 Å². The van der Waals surface area contributed by atoms with Gasteiger partial charge in [-0.05, 0) is 31.5 Å². The Kier molecular flexibility index (Phi) is 6.29. The molecule has 1 aromatic carbocycles. The Balaban J connectivity index is 0.000000381. The summed E-state index contributed by atoms with van der Waals surface area (Å²) in [5.74, 6) is -3.04. The summed E-state index contributed by atoms with van der Waals surface area (Å²) >= 11 is 0. The van der Waals surface area contributed by atoms with Crippen molar-refractivity contribution in [2.75, 3.05) is 5.32 Å². The van der Waals surface area contributed by atoms with Crippen molar-refractivity contribution in [2.24, 2.45) is 5.73 Å². The van der Waals surface area contributed by atoms with Gasteiger partial charge in [-0.25, -0.2) is 9.59 Å². The molecule has 0 bridgehead atoms. The molecule has 0 radical (unpaired) electrons. The second-order valence-electron chi connectivity index (χ2n) is 5.04. The number of fused-ring (bicyclic) bond motifs is 1. The number of halogens is 3. The van der Waals surface area contributed by atoms with E-state index in [0.29, 0.717) is 11.3 Å². The van der Waals surface area contributed by atoms with Gasteiger partial charge in [-0.15, -0.1) is 0 Å². The van der Waals surface area contributed by atoms with E-state index < -0.39 is 23.8 Å². The van der Waals surface area contributed by atoms with Gasteiger partial charge in [-0.2, -0.15) is 13.2 Å².